The molecule has 1 atom stereocenters. The molecule has 0 aliphatic heterocycles. The Morgan fingerprint density at radius 2 is 1.80 bits per heavy atom. The largest absolute Gasteiger partial charge is 0.0788 e. The van der Waals surface area contributed by atoms with E-state index in [1.54, 1.807) is 5.57 Å². The van der Waals surface area contributed by atoms with Gasteiger partial charge in [0.15, 0.2) is 0 Å². The Bertz CT molecular complexity index is 169. The molecule has 1 aliphatic rings. The van der Waals surface area contributed by atoms with Crippen molar-refractivity contribution in [3.05, 3.63) is 11.6 Å². The van der Waals surface area contributed by atoms with E-state index in [2.05, 4.69) is 40.7 Å². The van der Waals surface area contributed by atoms with Crippen molar-refractivity contribution in [2.24, 2.45) is 10.8 Å². The molecule has 0 aromatic carbocycles. The van der Waals surface area contributed by atoms with E-state index in [-0.39, 0.29) is 0 Å². The van der Waals surface area contributed by atoms with Crippen LogP contribution >= 0.6 is 0 Å². The highest BCUT2D eigenvalue weighted by atomic mass is 14.4. The Morgan fingerprint density at radius 1 is 1.40 bits per heavy atom. The molecule has 0 heteroatoms. The fourth-order valence-corrected chi connectivity index (χ4v) is 1.58. The Kier molecular flexibility index (Phi) is 1.47. The molecule has 0 aromatic rings. The van der Waals surface area contributed by atoms with Gasteiger partial charge in [0, 0.05) is 0 Å². The standard InChI is InChI=1S/C10H18/c1-8-6-10(5,7-8)9(2,3)4/h6H,7H2,1-5H3. The summed E-state index contributed by atoms with van der Waals surface area (Å²) in [5.74, 6) is 0. The van der Waals surface area contributed by atoms with Crippen LogP contribution in [0, 0.1) is 10.8 Å². The summed E-state index contributed by atoms with van der Waals surface area (Å²) in [6, 6.07) is 0. The van der Waals surface area contributed by atoms with Gasteiger partial charge in [-0.15, -0.1) is 0 Å². The van der Waals surface area contributed by atoms with Crippen LogP contribution in [0.5, 0.6) is 0 Å². The zero-order valence-electron chi connectivity index (χ0n) is 7.78. The lowest BCUT2D eigenvalue weighted by molar-refractivity contribution is 0.143. The molecule has 1 unspecified atom stereocenters. The fourth-order valence-electron chi connectivity index (χ4n) is 1.58. The van der Waals surface area contributed by atoms with Gasteiger partial charge < -0.3 is 0 Å². The molecule has 0 saturated heterocycles. The van der Waals surface area contributed by atoms with Crippen molar-refractivity contribution in [1.29, 1.82) is 0 Å². The van der Waals surface area contributed by atoms with Gasteiger partial charge in [0.1, 0.15) is 0 Å². The minimum Gasteiger partial charge on any atom is -0.0788 e. The lowest BCUT2D eigenvalue weighted by Gasteiger charge is -2.46. The Hall–Kier alpha value is -0.260. The lowest BCUT2D eigenvalue weighted by Crippen LogP contribution is -2.36. The van der Waals surface area contributed by atoms with Crippen LogP contribution in [-0.2, 0) is 0 Å². The molecular formula is C10H18. The molecular weight excluding hydrogens is 120 g/mol. The topological polar surface area (TPSA) is 0 Å². The molecule has 0 bridgehead atoms. The highest BCUT2D eigenvalue weighted by molar-refractivity contribution is 5.23. The van der Waals surface area contributed by atoms with E-state index in [9.17, 15) is 0 Å². The zero-order chi connectivity index (χ0) is 7.99. The Labute approximate surface area is 64.3 Å². The second-order valence-corrected chi connectivity index (χ2v) is 4.83. The molecule has 0 heterocycles. The first-order chi connectivity index (χ1) is 4.35. The average Bonchev–Trinajstić information content (AvgIpc) is 1.58. The third-order valence-corrected chi connectivity index (χ3v) is 2.92. The van der Waals surface area contributed by atoms with E-state index in [0.29, 0.717) is 10.8 Å². The summed E-state index contributed by atoms with van der Waals surface area (Å²) in [6.45, 7) is 11.5. The molecule has 58 valence electrons. The molecule has 0 amide bonds. The Morgan fingerprint density at radius 3 is 1.90 bits per heavy atom. The fraction of sp³-hybridized carbons (Fsp3) is 0.800. The van der Waals surface area contributed by atoms with Gasteiger partial charge in [0.2, 0.25) is 0 Å². The predicted octanol–water partition coefficient (Wildman–Crippen LogP) is 3.39. The highest BCUT2D eigenvalue weighted by Crippen LogP contribution is 2.51. The monoisotopic (exact) mass is 138 g/mol. The van der Waals surface area contributed by atoms with Crippen molar-refractivity contribution >= 4 is 0 Å². The van der Waals surface area contributed by atoms with Gasteiger partial charge in [-0.25, -0.2) is 0 Å². The summed E-state index contributed by atoms with van der Waals surface area (Å²) in [5, 5.41) is 0. The maximum atomic E-state index is 2.41. The summed E-state index contributed by atoms with van der Waals surface area (Å²) in [5.41, 5.74) is 2.46. The van der Waals surface area contributed by atoms with Gasteiger partial charge in [-0.05, 0) is 24.2 Å². The minimum absolute atomic E-state index is 0.437. The van der Waals surface area contributed by atoms with E-state index in [4.69, 9.17) is 0 Å². The first-order valence-corrected chi connectivity index (χ1v) is 4.03. The number of rotatable bonds is 0. The molecule has 10 heavy (non-hydrogen) atoms. The van der Waals surface area contributed by atoms with E-state index < -0.39 is 0 Å². The van der Waals surface area contributed by atoms with Crippen molar-refractivity contribution in [2.75, 3.05) is 0 Å². The van der Waals surface area contributed by atoms with E-state index >= 15 is 0 Å². The summed E-state index contributed by atoms with van der Waals surface area (Å²) in [4.78, 5) is 0. The first-order valence-electron chi connectivity index (χ1n) is 4.03. The quantitative estimate of drug-likeness (QED) is 0.450. The van der Waals surface area contributed by atoms with Gasteiger partial charge in [-0.3, -0.25) is 0 Å². The van der Waals surface area contributed by atoms with Crippen LogP contribution in [0.25, 0.3) is 0 Å². The molecule has 0 N–H and O–H groups in total. The molecule has 0 saturated carbocycles. The predicted molar refractivity (Wildman–Crippen MR) is 45.9 cm³/mol. The van der Waals surface area contributed by atoms with Gasteiger partial charge in [-0.1, -0.05) is 39.3 Å². The maximum absolute atomic E-state index is 2.41. The molecule has 0 nitrogen and oxygen atoms in total. The number of hydrogen-bond acceptors (Lipinski definition) is 0. The summed E-state index contributed by atoms with van der Waals surface area (Å²) in [6.07, 6.45) is 3.70. The molecule has 0 spiro atoms. The third kappa shape index (κ3) is 1.00. The van der Waals surface area contributed by atoms with Gasteiger partial charge in [0.25, 0.3) is 0 Å². The SMILES string of the molecule is CC1=CC(C)(C(C)(C)C)C1. The van der Waals surface area contributed by atoms with Crippen LogP contribution in [0.4, 0.5) is 0 Å². The third-order valence-electron chi connectivity index (χ3n) is 2.92. The van der Waals surface area contributed by atoms with Crippen molar-refractivity contribution in [2.45, 2.75) is 41.0 Å². The van der Waals surface area contributed by atoms with Crippen molar-refractivity contribution < 1.29 is 0 Å². The molecule has 1 rings (SSSR count). The van der Waals surface area contributed by atoms with Crippen LogP contribution in [0.1, 0.15) is 41.0 Å². The van der Waals surface area contributed by atoms with Gasteiger partial charge >= 0.3 is 0 Å². The highest BCUT2D eigenvalue weighted by Gasteiger charge is 2.40. The first kappa shape index (κ1) is 7.84. The number of allylic oxidation sites excluding steroid dienone is 2. The lowest BCUT2D eigenvalue weighted by atomic mass is 9.58. The molecule has 1 aliphatic carbocycles. The molecule has 0 fully saturated rings. The summed E-state index contributed by atoms with van der Waals surface area (Å²) < 4.78 is 0. The van der Waals surface area contributed by atoms with Crippen LogP contribution in [-0.4, -0.2) is 0 Å². The number of hydrogen-bond donors (Lipinski definition) is 0. The van der Waals surface area contributed by atoms with Crippen molar-refractivity contribution in [3.63, 3.8) is 0 Å². The van der Waals surface area contributed by atoms with E-state index in [0.717, 1.165) is 0 Å². The average molecular weight is 138 g/mol. The van der Waals surface area contributed by atoms with Crippen molar-refractivity contribution in [3.8, 4) is 0 Å². The Balaban J connectivity index is 2.76. The zero-order valence-corrected chi connectivity index (χ0v) is 7.78. The summed E-state index contributed by atoms with van der Waals surface area (Å²) >= 11 is 0. The van der Waals surface area contributed by atoms with Gasteiger partial charge in [0.05, 0.1) is 0 Å². The molecule has 0 radical (unpaired) electrons. The van der Waals surface area contributed by atoms with E-state index in [1.165, 1.54) is 6.42 Å². The van der Waals surface area contributed by atoms with Crippen LogP contribution in [0.3, 0.4) is 0 Å². The summed E-state index contributed by atoms with van der Waals surface area (Å²) in [7, 11) is 0. The normalized spacial score (nSPS) is 33.1. The smallest absolute Gasteiger partial charge is 0.00584 e. The second kappa shape index (κ2) is 1.87. The second-order valence-electron chi connectivity index (χ2n) is 4.83. The maximum Gasteiger partial charge on any atom is -0.00584 e. The molecule has 0 aromatic heterocycles. The van der Waals surface area contributed by atoms with Gasteiger partial charge in [-0.2, -0.15) is 0 Å². The van der Waals surface area contributed by atoms with E-state index in [1.807, 2.05) is 0 Å². The van der Waals surface area contributed by atoms with Crippen LogP contribution in [0.15, 0.2) is 11.6 Å². The minimum atomic E-state index is 0.437. The van der Waals surface area contributed by atoms with Crippen LogP contribution in [0.2, 0.25) is 0 Å². The van der Waals surface area contributed by atoms with Crippen LogP contribution < -0.4 is 0 Å². The van der Waals surface area contributed by atoms with Crippen molar-refractivity contribution in [1.82, 2.24) is 0 Å².